The molecule has 0 fully saturated rings. The van der Waals surface area contributed by atoms with E-state index in [2.05, 4.69) is 0 Å². The Morgan fingerprint density at radius 1 is 0.852 bits per heavy atom. The molecule has 1 heterocycles. The summed E-state index contributed by atoms with van der Waals surface area (Å²) < 4.78 is 46.5. The van der Waals surface area contributed by atoms with Crippen LogP contribution in [0.4, 0.5) is 17.3 Å². The minimum absolute atomic E-state index is 0.711. The van der Waals surface area contributed by atoms with Crippen LogP contribution in [0.15, 0.2) is 59.1 Å². The zero-order valence-corrected chi connectivity index (χ0v) is 15.6. The average Bonchev–Trinajstić information content (AvgIpc) is 2.94. The Labute approximate surface area is 163 Å². The highest BCUT2D eigenvalue weighted by Crippen LogP contribution is 2.22. The number of nitrogens with zero attached hydrogens (tertiary/aromatic N) is 1. The van der Waals surface area contributed by atoms with Crippen LogP contribution in [0.25, 0.3) is 23.5 Å². The van der Waals surface area contributed by atoms with E-state index in [0.717, 1.165) is 27.6 Å². The van der Waals surface area contributed by atoms with Gasteiger partial charge in [-0.2, -0.15) is 0 Å². The summed E-state index contributed by atoms with van der Waals surface area (Å²) in [5.74, 6) is 0.801. The van der Waals surface area contributed by atoms with Crippen LogP contribution in [0.1, 0.15) is 11.3 Å². The Hall–Kier alpha value is -2.25. The molecule has 2 nitrogen and oxygen atoms in total. The Morgan fingerprint density at radius 3 is 1.85 bits per heavy atom. The van der Waals surface area contributed by atoms with Gasteiger partial charge in [0.1, 0.15) is 0 Å². The van der Waals surface area contributed by atoms with Crippen LogP contribution in [0.3, 0.4) is 0 Å². The summed E-state index contributed by atoms with van der Waals surface area (Å²) in [6.07, 6.45) is 4.03. The van der Waals surface area contributed by atoms with Crippen LogP contribution >= 0.6 is 23.2 Å². The fourth-order valence-corrected chi connectivity index (χ4v) is 2.36. The lowest BCUT2D eigenvalue weighted by molar-refractivity contribution is -0.844. The maximum absolute atomic E-state index is 9.75. The molecule has 0 aliphatic rings. The van der Waals surface area contributed by atoms with Gasteiger partial charge in [0.2, 0.25) is 5.76 Å². The van der Waals surface area contributed by atoms with E-state index >= 15 is 0 Å². The monoisotopic (exact) mass is 417 g/mol. The van der Waals surface area contributed by atoms with Crippen molar-refractivity contribution in [2.75, 3.05) is 0 Å². The highest BCUT2D eigenvalue weighted by Gasteiger charge is 2.20. The third-order valence-corrected chi connectivity index (χ3v) is 3.83. The molecule has 3 rings (SSSR count). The van der Waals surface area contributed by atoms with Gasteiger partial charge in [-0.3, -0.25) is 0 Å². The van der Waals surface area contributed by atoms with Crippen LogP contribution < -0.4 is 4.74 Å². The van der Waals surface area contributed by atoms with Gasteiger partial charge in [0.05, 0.1) is 6.07 Å². The van der Waals surface area contributed by atoms with Crippen molar-refractivity contribution in [3.05, 3.63) is 75.9 Å². The lowest BCUT2D eigenvalue weighted by atomic mass is 10.1. The third-order valence-electron chi connectivity index (χ3n) is 3.32. The molecule has 0 bridgehead atoms. The van der Waals surface area contributed by atoms with Crippen molar-refractivity contribution in [3.63, 3.8) is 0 Å². The SMILES string of the molecule is C[n+]1oc(-c2ccc(Cl)cc2)cc1/C=C/c1ccc(Cl)cc1.F[B-](F)(F)F. The summed E-state index contributed by atoms with van der Waals surface area (Å²) in [6.45, 7) is 0. The fourth-order valence-electron chi connectivity index (χ4n) is 2.11. The predicted octanol–water partition coefficient (Wildman–Crippen LogP) is 6.55. The van der Waals surface area contributed by atoms with E-state index in [4.69, 9.17) is 27.7 Å². The number of benzene rings is 2. The van der Waals surface area contributed by atoms with E-state index in [-0.39, 0.29) is 0 Å². The standard InChI is InChI=1S/C18H14Cl2NO.BF4/c1-21-17(11-4-13-2-7-15(19)8-3-13)12-18(22-21)14-5-9-16(20)10-6-14;2-1(3,4)5/h2-12H,1H3;/q+1;-1/b11-4+;. The number of rotatable bonds is 3. The molecule has 27 heavy (non-hydrogen) atoms. The van der Waals surface area contributed by atoms with Crippen LogP contribution in [0.2, 0.25) is 10.0 Å². The molecule has 0 saturated carbocycles. The van der Waals surface area contributed by atoms with Gasteiger partial charge in [-0.1, -0.05) is 35.3 Å². The van der Waals surface area contributed by atoms with Crippen molar-refractivity contribution >= 4 is 42.6 Å². The summed E-state index contributed by atoms with van der Waals surface area (Å²) in [6, 6.07) is 17.3. The number of aromatic nitrogens is 1. The van der Waals surface area contributed by atoms with E-state index in [1.807, 2.05) is 73.8 Å². The molecule has 142 valence electrons. The first-order chi connectivity index (χ1) is 12.6. The van der Waals surface area contributed by atoms with Gasteiger partial charge in [0, 0.05) is 21.7 Å². The Balaban J connectivity index is 0.000000465. The molecule has 0 N–H and O–H groups in total. The van der Waals surface area contributed by atoms with Crippen molar-refractivity contribution in [2.45, 2.75) is 0 Å². The molecule has 1 aromatic heterocycles. The second kappa shape index (κ2) is 9.10. The van der Waals surface area contributed by atoms with Crippen LogP contribution in [0, 0.1) is 0 Å². The number of hydrogen-bond donors (Lipinski definition) is 0. The first-order valence-electron chi connectivity index (χ1n) is 7.69. The first kappa shape index (κ1) is 21.1. The molecule has 0 spiro atoms. The van der Waals surface area contributed by atoms with Gasteiger partial charge >= 0.3 is 7.25 Å². The predicted molar refractivity (Wildman–Crippen MR) is 101 cm³/mol. The first-order valence-corrected chi connectivity index (χ1v) is 8.45. The zero-order valence-electron chi connectivity index (χ0n) is 14.1. The molecular formula is C18H14BCl2F4NO. The Kier molecular flexibility index (Phi) is 7.10. The third kappa shape index (κ3) is 7.49. The summed E-state index contributed by atoms with van der Waals surface area (Å²) in [5.41, 5.74) is 3.05. The molecule has 2 aromatic carbocycles. The summed E-state index contributed by atoms with van der Waals surface area (Å²) >= 11 is 11.8. The normalized spacial score (nSPS) is 11.4. The summed E-state index contributed by atoms with van der Waals surface area (Å²) in [5, 5.41) is 1.44. The van der Waals surface area contributed by atoms with Gasteiger partial charge in [0.25, 0.3) is 5.69 Å². The van der Waals surface area contributed by atoms with E-state index in [9.17, 15) is 17.3 Å². The topological polar surface area (TPSA) is 17.0 Å². The minimum atomic E-state index is -6.00. The van der Waals surface area contributed by atoms with Crippen LogP contribution in [-0.2, 0) is 7.05 Å². The largest absolute Gasteiger partial charge is 0.673 e. The summed E-state index contributed by atoms with van der Waals surface area (Å²) in [4.78, 5) is 0. The van der Waals surface area contributed by atoms with Crippen LogP contribution in [-0.4, -0.2) is 7.25 Å². The van der Waals surface area contributed by atoms with E-state index in [1.54, 1.807) is 4.74 Å². The lowest BCUT2D eigenvalue weighted by Crippen LogP contribution is -2.27. The van der Waals surface area contributed by atoms with E-state index in [0.29, 0.717) is 5.02 Å². The molecule has 0 aliphatic heterocycles. The molecular weight excluding hydrogens is 404 g/mol. The quantitative estimate of drug-likeness (QED) is 0.268. The van der Waals surface area contributed by atoms with Gasteiger partial charge in [-0.25, -0.2) is 4.52 Å². The van der Waals surface area contributed by atoms with Crippen molar-refractivity contribution in [1.82, 2.24) is 0 Å². The Bertz CT molecular complexity index is 901. The molecule has 0 aliphatic carbocycles. The van der Waals surface area contributed by atoms with Crippen molar-refractivity contribution < 1.29 is 26.5 Å². The highest BCUT2D eigenvalue weighted by atomic mass is 35.5. The van der Waals surface area contributed by atoms with Gasteiger partial charge < -0.3 is 17.3 Å². The highest BCUT2D eigenvalue weighted by molar-refractivity contribution is 6.50. The molecule has 3 aromatic rings. The summed E-state index contributed by atoms with van der Waals surface area (Å²) in [7, 11) is -4.12. The molecule has 0 saturated heterocycles. The maximum atomic E-state index is 9.75. The second-order valence-corrected chi connectivity index (χ2v) is 6.28. The molecule has 0 atom stereocenters. The Morgan fingerprint density at radius 2 is 1.33 bits per heavy atom. The average molecular weight is 418 g/mol. The van der Waals surface area contributed by atoms with E-state index in [1.165, 1.54) is 0 Å². The smallest absolute Gasteiger partial charge is 0.418 e. The van der Waals surface area contributed by atoms with Crippen molar-refractivity contribution in [1.29, 1.82) is 0 Å². The fraction of sp³-hybridized carbons (Fsp3) is 0.0556. The van der Waals surface area contributed by atoms with Gasteiger partial charge in [-0.05, 0) is 52.8 Å². The zero-order chi connectivity index (χ0) is 20.0. The van der Waals surface area contributed by atoms with Gasteiger partial charge in [0.15, 0.2) is 7.05 Å². The number of hydrogen-bond acceptors (Lipinski definition) is 1. The van der Waals surface area contributed by atoms with E-state index < -0.39 is 7.25 Å². The number of halogens is 6. The lowest BCUT2D eigenvalue weighted by Gasteiger charge is -1.94. The molecule has 0 radical (unpaired) electrons. The number of aryl methyl sites for hydroxylation is 1. The second-order valence-electron chi connectivity index (χ2n) is 5.41. The maximum Gasteiger partial charge on any atom is 0.673 e. The van der Waals surface area contributed by atoms with Crippen molar-refractivity contribution in [3.8, 4) is 11.3 Å². The molecule has 0 amide bonds. The van der Waals surface area contributed by atoms with Crippen molar-refractivity contribution in [2.24, 2.45) is 7.05 Å². The minimum Gasteiger partial charge on any atom is -0.418 e. The van der Waals surface area contributed by atoms with Crippen LogP contribution in [0.5, 0.6) is 0 Å². The van der Waals surface area contributed by atoms with Gasteiger partial charge in [-0.15, -0.1) is 0 Å². The molecule has 9 heteroatoms. The molecule has 0 unspecified atom stereocenters.